The molecule has 266 valence electrons. The van der Waals surface area contributed by atoms with Crippen molar-refractivity contribution >= 4 is 65.7 Å². The maximum Gasteiger partial charge on any atom is 0.167 e. The van der Waals surface area contributed by atoms with Gasteiger partial charge in [-0.25, -0.2) is 15.0 Å². The molecule has 0 unspecified atom stereocenters. The summed E-state index contributed by atoms with van der Waals surface area (Å²) < 4.78 is 15.5. The Kier molecular flexibility index (Phi) is 6.83. The minimum atomic E-state index is 0.528. The third kappa shape index (κ3) is 5.01. The van der Waals surface area contributed by atoms with E-state index < -0.39 is 0 Å². The molecular weight excluding hydrogens is 701 g/mol. The minimum absolute atomic E-state index is 0.528. The van der Waals surface area contributed by atoms with Crippen molar-refractivity contribution in [2.75, 3.05) is 0 Å². The van der Waals surface area contributed by atoms with Crippen LogP contribution in [0.1, 0.15) is 0 Å². The first-order valence-corrected chi connectivity index (χ1v) is 19.0. The number of hydrogen-bond donors (Lipinski definition) is 0. The summed E-state index contributed by atoms with van der Waals surface area (Å²) in [4.78, 5) is 15.4. The highest BCUT2D eigenvalue weighted by Crippen LogP contribution is 2.41. The molecule has 0 fully saturated rings. The molecule has 0 aliphatic rings. The normalized spacial score (nSPS) is 11.9. The molecule has 12 aromatic rings. The maximum absolute atomic E-state index is 6.85. The number of aromatic nitrogens is 4. The van der Waals surface area contributed by atoms with Gasteiger partial charge in [0.1, 0.15) is 22.3 Å². The molecule has 4 aromatic heterocycles. The fourth-order valence-electron chi connectivity index (χ4n) is 8.35. The van der Waals surface area contributed by atoms with Gasteiger partial charge in [0.15, 0.2) is 17.5 Å². The molecule has 0 aliphatic carbocycles. The number of benzene rings is 8. The van der Waals surface area contributed by atoms with Crippen LogP contribution in [0.3, 0.4) is 0 Å². The van der Waals surface area contributed by atoms with E-state index in [4.69, 9.17) is 23.8 Å². The first-order valence-electron chi connectivity index (χ1n) is 19.0. The Morgan fingerprint density at radius 3 is 1.79 bits per heavy atom. The zero-order valence-electron chi connectivity index (χ0n) is 30.4. The average Bonchev–Trinajstić information content (AvgIpc) is 3.95. The molecule has 57 heavy (non-hydrogen) atoms. The van der Waals surface area contributed by atoms with Crippen LogP contribution in [0.5, 0.6) is 0 Å². The molecule has 0 bridgehead atoms. The second-order valence-electron chi connectivity index (χ2n) is 14.4. The van der Waals surface area contributed by atoms with Gasteiger partial charge in [-0.15, -0.1) is 0 Å². The molecule has 0 N–H and O–H groups in total. The van der Waals surface area contributed by atoms with Crippen LogP contribution >= 0.6 is 0 Å². The molecular formula is C51H30N4O2. The second kappa shape index (κ2) is 12.3. The van der Waals surface area contributed by atoms with Gasteiger partial charge in [0, 0.05) is 55.2 Å². The highest BCUT2D eigenvalue weighted by molar-refractivity contribution is 6.18. The summed E-state index contributed by atoms with van der Waals surface area (Å²) in [5.74, 6) is 1.65. The lowest BCUT2D eigenvalue weighted by molar-refractivity contribution is 0.668. The van der Waals surface area contributed by atoms with Crippen LogP contribution in [0.4, 0.5) is 0 Å². The van der Waals surface area contributed by atoms with Gasteiger partial charge in [-0.3, -0.25) is 0 Å². The van der Waals surface area contributed by atoms with Crippen molar-refractivity contribution in [2.45, 2.75) is 0 Å². The molecule has 6 heteroatoms. The van der Waals surface area contributed by atoms with Crippen LogP contribution in [-0.4, -0.2) is 19.5 Å². The number of hydrogen-bond acceptors (Lipinski definition) is 5. The third-order valence-electron chi connectivity index (χ3n) is 11.1. The Hall–Kier alpha value is -7.83. The molecule has 0 spiro atoms. The molecule has 0 radical (unpaired) electrons. The Labute approximate surface area is 325 Å². The van der Waals surface area contributed by atoms with Gasteiger partial charge in [0.25, 0.3) is 0 Å². The first-order chi connectivity index (χ1) is 28.2. The van der Waals surface area contributed by atoms with Crippen molar-refractivity contribution in [3.8, 4) is 51.0 Å². The van der Waals surface area contributed by atoms with Crippen molar-refractivity contribution in [3.05, 3.63) is 182 Å². The molecule has 8 aromatic carbocycles. The summed E-state index contributed by atoms with van der Waals surface area (Å²) in [6, 6.07) is 62.7. The third-order valence-corrected chi connectivity index (χ3v) is 11.1. The van der Waals surface area contributed by atoms with E-state index in [0.717, 1.165) is 88.4 Å². The van der Waals surface area contributed by atoms with Crippen molar-refractivity contribution in [1.29, 1.82) is 0 Å². The molecule has 6 nitrogen and oxygen atoms in total. The summed E-state index contributed by atoms with van der Waals surface area (Å²) in [7, 11) is 0. The molecule has 12 rings (SSSR count). The summed E-state index contributed by atoms with van der Waals surface area (Å²) in [5.41, 5.74) is 11.3. The van der Waals surface area contributed by atoms with Gasteiger partial charge in [-0.1, -0.05) is 127 Å². The number of rotatable bonds is 5. The highest BCUT2D eigenvalue weighted by atomic mass is 16.3. The topological polar surface area (TPSA) is 69.9 Å². The number of para-hydroxylation sites is 4. The Balaban J connectivity index is 1.06. The van der Waals surface area contributed by atoms with Crippen molar-refractivity contribution < 1.29 is 8.83 Å². The quantitative estimate of drug-likeness (QED) is 0.176. The molecule has 0 aliphatic heterocycles. The molecule has 0 amide bonds. The van der Waals surface area contributed by atoms with E-state index in [-0.39, 0.29) is 0 Å². The van der Waals surface area contributed by atoms with Gasteiger partial charge in [-0.2, -0.15) is 0 Å². The number of nitrogens with zero attached hydrogens (tertiary/aromatic N) is 4. The van der Waals surface area contributed by atoms with E-state index in [2.05, 4.69) is 144 Å². The number of furan rings is 2. The van der Waals surface area contributed by atoms with Crippen molar-refractivity contribution in [1.82, 2.24) is 19.5 Å². The lowest BCUT2D eigenvalue weighted by Crippen LogP contribution is -2.00. The van der Waals surface area contributed by atoms with E-state index in [9.17, 15) is 0 Å². The van der Waals surface area contributed by atoms with E-state index >= 15 is 0 Å². The molecule has 0 saturated carbocycles. The van der Waals surface area contributed by atoms with Gasteiger partial charge < -0.3 is 13.4 Å². The van der Waals surface area contributed by atoms with E-state index in [1.54, 1.807) is 0 Å². The maximum atomic E-state index is 6.85. The summed E-state index contributed by atoms with van der Waals surface area (Å²) in [6.45, 7) is 0. The minimum Gasteiger partial charge on any atom is -0.456 e. The Morgan fingerprint density at radius 1 is 0.333 bits per heavy atom. The van der Waals surface area contributed by atoms with E-state index in [1.807, 2.05) is 42.5 Å². The lowest BCUT2D eigenvalue weighted by atomic mass is 10.0. The summed E-state index contributed by atoms with van der Waals surface area (Å²) in [5, 5.41) is 6.52. The Bertz CT molecular complexity index is 3510. The molecule has 0 saturated heterocycles. The fraction of sp³-hybridized carbons (Fsp3) is 0. The van der Waals surface area contributed by atoms with Crippen LogP contribution in [0.2, 0.25) is 0 Å². The van der Waals surface area contributed by atoms with Crippen LogP contribution < -0.4 is 0 Å². The zero-order chi connectivity index (χ0) is 37.5. The molecule has 0 atom stereocenters. The largest absolute Gasteiger partial charge is 0.456 e. The predicted octanol–water partition coefficient (Wildman–Crippen LogP) is 13.4. The van der Waals surface area contributed by atoms with Crippen LogP contribution in [-0.2, 0) is 0 Å². The van der Waals surface area contributed by atoms with Crippen LogP contribution in [0.25, 0.3) is 117 Å². The van der Waals surface area contributed by atoms with Gasteiger partial charge in [0.05, 0.1) is 16.6 Å². The van der Waals surface area contributed by atoms with Crippen LogP contribution in [0.15, 0.2) is 191 Å². The predicted molar refractivity (Wildman–Crippen MR) is 230 cm³/mol. The fourth-order valence-corrected chi connectivity index (χ4v) is 8.35. The Morgan fingerprint density at radius 2 is 0.947 bits per heavy atom. The first kappa shape index (κ1) is 31.5. The lowest BCUT2D eigenvalue weighted by Gasteiger charge is -2.09. The molecule has 4 heterocycles. The monoisotopic (exact) mass is 730 g/mol. The van der Waals surface area contributed by atoms with Gasteiger partial charge in [-0.05, 0) is 59.7 Å². The van der Waals surface area contributed by atoms with E-state index in [0.29, 0.717) is 17.5 Å². The number of fused-ring (bicyclic) bond motifs is 9. The van der Waals surface area contributed by atoms with Gasteiger partial charge in [0.2, 0.25) is 0 Å². The zero-order valence-corrected chi connectivity index (χ0v) is 30.4. The van der Waals surface area contributed by atoms with E-state index in [1.165, 1.54) is 10.8 Å². The summed E-state index contributed by atoms with van der Waals surface area (Å²) in [6.07, 6.45) is 0. The highest BCUT2D eigenvalue weighted by Gasteiger charge is 2.21. The van der Waals surface area contributed by atoms with Gasteiger partial charge >= 0.3 is 0 Å². The summed E-state index contributed by atoms with van der Waals surface area (Å²) >= 11 is 0. The van der Waals surface area contributed by atoms with Crippen LogP contribution in [0, 0.1) is 0 Å². The van der Waals surface area contributed by atoms with Crippen molar-refractivity contribution in [2.24, 2.45) is 0 Å². The smallest absolute Gasteiger partial charge is 0.167 e. The second-order valence-corrected chi connectivity index (χ2v) is 14.4. The SMILES string of the molecule is c1ccc(-c2ccc(-c3nc(-c4ccc5c(c4)oc4ccccc45)nc(-c4cccc5c4oc4cc6c(cc45)c4ccccc4n6-c4ccccc4)n3)cc2)cc1. The average molecular weight is 731 g/mol. The standard InChI is InChI=1S/C51H30N4O2/c1-3-12-31(13-4-1)32-22-24-33(25-23-32)49-52-50(34-26-27-38-37-17-8-10-21-45(37)56-46(38)28-34)54-51(53-49)40-19-11-18-39-42-29-41-36-16-7-9-20-43(36)55(35-14-5-2-6-15-35)44(41)30-47(42)57-48(39)40/h1-30H. The van der Waals surface area contributed by atoms with Crippen molar-refractivity contribution in [3.63, 3.8) is 0 Å².